The lowest BCUT2D eigenvalue weighted by Gasteiger charge is -1.90. The lowest BCUT2D eigenvalue weighted by atomic mass is 10.6. The Morgan fingerprint density at radius 3 is 2.33 bits per heavy atom. The van der Waals surface area contributed by atoms with E-state index in [0.717, 1.165) is 5.70 Å². The molecule has 0 aliphatic carbocycles. The molecule has 1 nitrogen and oxygen atoms in total. The van der Waals surface area contributed by atoms with Gasteiger partial charge in [-0.1, -0.05) is 13.2 Å². The summed E-state index contributed by atoms with van der Waals surface area (Å²) in [6.07, 6.45) is 1.60. The Bertz CT molecular complexity index is 64.3. The third-order valence-corrected chi connectivity index (χ3v) is 0.348. The minimum absolute atomic E-state index is 0.921. The molecule has 0 heterocycles. The van der Waals surface area contributed by atoms with Gasteiger partial charge in [-0.2, -0.15) is 0 Å². The van der Waals surface area contributed by atoms with Gasteiger partial charge < -0.3 is 5.32 Å². The summed E-state index contributed by atoms with van der Waals surface area (Å²) in [5, 5.41) is 2.78. The second-order valence-corrected chi connectivity index (χ2v) is 1.13. The molecule has 0 aromatic carbocycles. The molecule has 0 aliphatic rings. The van der Waals surface area contributed by atoms with Crippen molar-refractivity contribution < 1.29 is 0 Å². The summed E-state index contributed by atoms with van der Waals surface area (Å²) < 4.78 is 0. The predicted molar refractivity (Wildman–Crippen MR) is 28.1 cm³/mol. The molecular weight excluding hydrogens is 74.1 g/mol. The minimum Gasteiger partial charge on any atom is -0.366 e. The Hall–Kier alpha value is -0.720. The van der Waals surface area contributed by atoms with E-state index in [4.69, 9.17) is 0 Å². The fourth-order valence-corrected chi connectivity index (χ4v) is 0.174. The first kappa shape index (κ1) is 5.28. The summed E-state index contributed by atoms with van der Waals surface area (Å²) >= 11 is 0. The van der Waals surface area contributed by atoms with Crippen LogP contribution >= 0.6 is 0 Å². The first-order valence-corrected chi connectivity index (χ1v) is 1.80. The fraction of sp³-hybridized carbons (Fsp3) is 0.200. The van der Waals surface area contributed by atoms with Crippen molar-refractivity contribution >= 4 is 0 Å². The van der Waals surface area contributed by atoms with Crippen LogP contribution in [0.1, 0.15) is 6.92 Å². The highest BCUT2D eigenvalue weighted by Gasteiger charge is 1.66. The number of nitrogens with one attached hydrogen (secondary N) is 1. The quantitative estimate of drug-likeness (QED) is 0.529. The molecule has 6 heavy (non-hydrogen) atoms. The molecule has 0 bridgehead atoms. The molecule has 0 fully saturated rings. The maximum Gasteiger partial charge on any atom is 0.00418 e. The van der Waals surface area contributed by atoms with Crippen LogP contribution in [0.3, 0.4) is 0 Å². The van der Waals surface area contributed by atoms with Crippen LogP contribution in [0.2, 0.25) is 0 Å². The Morgan fingerprint density at radius 2 is 2.33 bits per heavy atom. The Labute approximate surface area is 38.4 Å². The highest BCUT2D eigenvalue weighted by atomic mass is 14.8. The Morgan fingerprint density at radius 1 is 1.83 bits per heavy atom. The first-order chi connectivity index (χ1) is 2.77. The van der Waals surface area contributed by atoms with Gasteiger partial charge in [-0.25, -0.2) is 0 Å². The molecule has 0 spiro atoms. The molecule has 0 saturated heterocycles. The molecule has 0 radical (unpaired) electrons. The van der Waals surface area contributed by atoms with Gasteiger partial charge in [-0.3, -0.25) is 0 Å². The van der Waals surface area contributed by atoms with Gasteiger partial charge in [0.2, 0.25) is 0 Å². The van der Waals surface area contributed by atoms with Gasteiger partial charge in [0.15, 0.2) is 0 Å². The van der Waals surface area contributed by atoms with Crippen LogP contribution in [0.4, 0.5) is 0 Å². The highest BCUT2D eigenvalue weighted by molar-refractivity contribution is 4.88. The van der Waals surface area contributed by atoms with Crippen molar-refractivity contribution in [1.82, 2.24) is 5.32 Å². The first-order valence-electron chi connectivity index (χ1n) is 1.80. The van der Waals surface area contributed by atoms with Crippen molar-refractivity contribution in [1.29, 1.82) is 0 Å². The monoisotopic (exact) mass is 83.1 g/mol. The van der Waals surface area contributed by atoms with Crippen LogP contribution in [0, 0.1) is 0 Å². The smallest absolute Gasteiger partial charge is 0.00418 e. The summed E-state index contributed by atoms with van der Waals surface area (Å²) in [4.78, 5) is 0. The topological polar surface area (TPSA) is 12.0 Å². The third-order valence-electron chi connectivity index (χ3n) is 0.348. The zero-order chi connectivity index (χ0) is 4.99. The molecule has 1 N–H and O–H groups in total. The lowest BCUT2D eigenvalue weighted by Crippen LogP contribution is -1.96. The van der Waals surface area contributed by atoms with Crippen LogP contribution in [0.5, 0.6) is 0 Å². The summed E-state index contributed by atoms with van der Waals surface area (Å²) in [5.41, 5.74) is 0.921. The summed E-state index contributed by atoms with van der Waals surface area (Å²) in [7, 11) is 0. The second kappa shape index (κ2) is 2.51. The molecule has 0 aliphatic heterocycles. The summed E-state index contributed by atoms with van der Waals surface area (Å²) in [6, 6.07) is 0. The largest absolute Gasteiger partial charge is 0.366 e. The van der Waals surface area contributed by atoms with Gasteiger partial charge in [0.1, 0.15) is 0 Å². The van der Waals surface area contributed by atoms with Crippen LogP contribution < -0.4 is 5.32 Å². The normalized spacial score (nSPS) is 6.83. The van der Waals surface area contributed by atoms with Gasteiger partial charge in [-0.15, -0.1) is 0 Å². The molecule has 34 valence electrons. The van der Waals surface area contributed by atoms with E-state index < -0.39 is 0 Å². The van der Waals surface area contributed by atoms with Gasteiger partial charge in [0, 0.05) is 5.70 Å². The van der Waals surface area contributed by atoms with E-state index in [1.807, 2.05) is 6.92 Å². The average molecular weight is 83.1 g/mol. The van der Waals surface area contributed by atoms with Crippen molar-refractivity contribution in [3.05, 3.63) is 25.1 Å². The van der Waals surface area contributed by atoms with E-state index in [0.29, 0.717) is 0 Å². The van der Waals surface area contributed by atoms with Gasteiger partial charge in [0.25, 0.3) is 0 Å². The third kappa shape index (κ3) is 3.28. The average Bonchev–Trinajstić information content (AvgIpc) is 1.35. The van der Waals surface area contributed by atoms with Gasteiger partial charge in [-0.05, 0) is 13.1 Å². The predicted octanol–water partition coefficient (Wildman–Crippen LogP) is 1.25. The van der Waals surface area contributed by atoms with Crippen LogP contribution in [0.25, 0.3) is 0 Å². The van der Waals surface area contributed by atoms with Gasteiger partial charge in [0.05, 0.1) is 0 Å². The molecule has 0 saturated carbocycles. The Balaban J connectivity index is 3.05. The van der Waals surface area contributed by atoms with E-state index in [1.165, 1.54) is 0 Å². The van der Waals surface area contributed by atoms with Crippen LogP contribution in [0.15, 0.2) is 25.1 Å². The summed E-state index contributed by atoms with van der Waals surface area (Å²) in [5.74, 6) is 0. The van der Waals surface area contributed by atoms with Crippen molar-refractivity contribution in [2.75, 3.05) is 0 Å². The molecular formula is C5H9N. The summed E-state index contributed by atoms with van der Waals surface area (Å²) in [6.45, 7) is 8.87. The Kier molecular flexibility index (Phi) is 2.21. The van der Waals surface area contributed by atoms with Crippen molar-refractivity contribution in [2.24, 2.45) is 0 Å². The van der Waals surface area contributed by atoms with Crippen LogP contribution in [-0.4, -0.2) is 0 Å². The number of rotatable bonds is 2. The lowest BCUT2D eigenvalue weighted by molar-refractivity contribution is 1.07. The SMILES string of the molecule is C=CNC(=C)C. The van der Waals surface area contributed by atoms with Gasteiger partial charge >= 0.3 is 0 Å². The van der Waals surface area contributed by atoms with E-state index >= 15 is 0 Å². The molecule has 0 unspecified atom stereocenters. The highest BCUT2D eigenvalue weighted by Crippen LogP contribution is 1.72. The number of hydrogen-bond acceptors (Lipinski definition) is 1. The van der Waals surface area contributed by atoms with Crippen molar-refractivity contribution in [3.8, 4) is 0 Å². The fourth-order valence-electron chi connectivity index (χ4n) is 0.174. The minimum atomic E-state index is 0.921. The van der Waals surface area contributed by atoms with E-state index in [2.05, 4.69) is 18.5 Å². The van der Waals surface area contributed by atoms with Crippen molar-refractivity contribution in [2.45, 2.75) is 6.92 Å². The van der Waals surface area contributed by atoms with E-state index in [9.17, 15) is 0 Å². The molecule has 0 atom stereocenters. The molecule has 0 aromatic rings. The molecule has 1 heteroatoms. The number of allylic oxidation sites excluding steroid dienone is 1. The van der Waals surface area contributed by atoms with Crippen molar-refractivity contribution in [3.63, 3.8) is 0 Å². The van der Waals surface area contributed by atoms with E-state index in [1.54, 1.807) is 6.20 Å². The zero-order valence-electron chi connectivity index (χ0n) is 3.99. The molecule has 0 rings (SSSR count). The number of hydrogen-bond donors (Lipinski definition) is 1. The molecule has 0 amide bonds. The maximum atomic E-state index is 3.56. The maximum absolute atomic E-state index is 3.56. The standard InChI is InChI=1S/C5H9N/c1-4-6-5(2)3/h4,6H,1-2H2,3H3. The zero-order valence-corrected chi connectivity index (χ0v) is 3.99. The second-order valence-electron chi connectivity index (χ2n) is 1.13. The van der Waals surface area contributed by atoms with E-state index in [-0.39, 0.29) is 0 Å². The van der Waals surface area contributed by atoms with Crippen LogP contribution in [-0.2, 0) is 0 Å². The molecule has 0 aromatic heterocycles.